The number of carboxylic acids is 1. The van der Waals surface area contributed by atoms with Gasteiger partial charge in [0, 0.05) is 17.3 Å². The largest absolute Gasteiger partial charge is 0.480 e. The van der Waals surface area contributed by atoms with Crippen LogP contribution >= 0.6 is 0 Å². The van der Waals surface area contributed by atoms with Gasteiger partial charge < -0.3 is 20.6 Å². The number of aromatic amines is 1. The van der Waals surface area contributed by atoms with Gasteiger partial charge in [-0.25, -0.2) is 4.79 Å². The minimum absolute atomic E-state index is 0.0880. The highest BCUT2D eigenvalue weighted by Crippen LogP contribution is 2.57. The number of hydrogen-bond acceptors (Lipinski definition) is 4. The Labute approximate surface area is 163 Å². The van der Waals surface area contributed by atoms with Gasteiger partial charge in [-0.1, -0.05) is 18.2 Å². The molecule has 4 saturated carbocycles. The number of carbonyl (C=O) groups excluding carboxylic acids is 1. The number of nitrogens with two attached hydrogens (primary N) is 1. The Kier molecular flexibility index (Phi) is 4.02. The number of fused-ring (bicyclic) bond motifs is 1. The van der Waals surface area contributed by atoms with E-state index in [2.05, 4.69) is 4.98 Å². The summed E-state index contributed by atoms with van der Waals surface area (Å²) in [5, 5.41) is 10.1. The minimum Gasteiger partial charge on any atom is -0.480 e. The molecule has 1 atom stereocenters. The van der Waals surface area contributed by atoms with Crippen molar-refractivity contribution in [2.75, 3.05) is 0 Å². The maximum absolute atomic E-state index is 13.2. The molecule has 0 unspecified atom stereocenters. The Morgan fingerprint density at radius 1 is 1.14 bits per heavy atom. The molecule has 148 valence electrons. The van der Waals surface area contributed by atoms with E-state index in [-0.39, 0.29) is 18.0 Å². The Morgan fingerprint density at radius 2 is 1.75 bits per heavy atom. The topological polar surface area (TPSA) is 105 Å². The van der Waals surface area contributed by atoms with Crippen molar-refractivity contribution in [3.05, 3.63) is 35.5 Å². The number of ether oxygens (including phenoxy) is 1. The van der Waals surface area contributed by atoms with E-state index in [1.165, 1.54) is 19.3 Å². The van der Waals surface area contributed by atoms with Crippen LogP contribution in [0.3, 0.4) is 0 Å². The first-order chi connectivity index (χ1) is 13.4. The fraction of sp³-hybridized carbons (Fsp3) is 0.545. The molecule has 1 aromatic carbocycles. The molecule has 4 bridgehead atoms. The molecule has 1 heterocycles. The summed E-state index contributed by atoms with van der Waals surface area (Å²) >= 11 is 0. The summed E-state index contributed by atoms with van der Waals surface area (Å²) in [6.45, 7) is 0. The smallest absolute Gasteiger partial charge is 0.355 e. The molecular weight excluding hydrogens is 356 g/mol. The molecule has 6 rings (SSSR count). The van der Waals surface area contributed by atoms with Crippen LogP contribution in [-0.4, -0.2) is 33.7 Å². The molecule has 4 aliphatic carbocycles. The molecule has 2 aromatic rings. The van der Waals surface area contributed by atoms with Gasteiger partial charge in [0.2, 0.25) is 0 Å². The molecule has 4 aliphatic rings. The molecule has 28 heavy (non-hydrogen) atoms. The standard InChI is InChI=1S/C22H26N2O4/c23-17(20(25)26)8-16-15-3-1-2-4-18(15)24-19(16)21(27)28-22-9-12-5-13(10-22)7-14(6-12)11-22/h1-4,12-14,17,24H,5-11,23H2,(H,25,26)/t12?,13?,14?,17-,22?/m0/s1. The lowest BCUT2D eigenvalue weighted by Crippen LogP contribution is -2.52. The van der Waals surface area contributed by atoms with E-state index in [4.69, 9.17) is 10.5 Å². The molecule has 0 aliphatic heterocycles. The third-order valence-corrected chi connectivity index (χ3v) is 7.05. The van der Waals surface area contributed by atoms with Crippen LogP contribution in [0, 0.1) is 17.8 Å². The molecular formula is C22H26N2O4. The van der Waals surface area contributed by atoms with Crippen LogP contribution in [-0.2, 0) is 16.0 Å². The van der Waals surface area contributed by atoms with Crippen LogP contribution in [0.5, 0.6) is 0 Å². The normalized spacial score (nSPS) is 31.8. The van der Waals surface area contributed by atoms with Crippen molar-refractivity contribution in [2.45, 2.75) is 56.6 Å². The number of nitrogens with one attached hydrogen (secondary N) is 1. The zero-order valence-electron chi connectivity index (χ0n) is 15.8. The summed E-state index contributed by atoms with van der Waals surface area (Å²) in [4.78, 5) is 27.7. The predicted molar refractivity (Wildman–Crippen MR) is 104 cm³/mol. The molecule has 0 saturated heterocycles. The molecule has 0 spiro atoms. The van der Waals surface area contributed by atoms with Gasteiger partial charge in [0.25, 0.3) is 0 Å². The Morgan fingerprint density at radius 3 is 2.36 bits per heavy atom. The molecule has 4 N–H and O–H groups in total. The SMILES string of the molecule is N[C@@H](Cc1c(C(=O)OC23CC4CC(CC(C4)C2)C3)[nH]c2ccccc12)C(=O)O. The third kappa shape index (κ3) is 2.91. The second-order valence-corrected chi connectivity index (χ2v) is 9.16. The maximum Gasteiger partial charge on any atom is 0.355 e. The van der Waals surface area contributed by atoms with Crippen LogP contribution in [0.15, 0.2) is 24.3 Å². The number of H-pyrrole nitrogens is 1. The Hall–Kier alpha value is -2.34. The summed E-state index contributed by atoms with van der Waals surface area (Å²) in [5.41, 5.74) is 7.24. The fourth-order valence-corrected chi connectivity index (χ4v) is 6.30. The predicted octanol–water partition coefficient (Wildman–Crippen LogP) is 3.25. The number of para-hydroxylation sites is 1. The highest BCUT2D eigenvalue weighted by atomic mass is 16.6. The van der Waals surface area contributed by atoms with Gasteiger partial charge in [-0.2, -0.15) is 0 Å². The van der Waals surface area contributed by atoms with Gasteiger partial charge >= 0.3 is 11.9 Å². The second-order valence-electron chi connectivity index (χ2n) is 9.16. The van der Waals surface area contributed by atoms with Crippen molar-refractivity contribution < 1.29 is 19.4 Å². The summed E-state index contributed by atoms with van der Waals surface area (Å²) in [7, 11) is 0. The van der Waals surface area contributed by atoms with E-state index in [0.717, 1.165) is 30.2 Å². The van der Waals surface area contributed by atoms with E-state index in [9.17, 15) is 14.7 Å². The van der Waals surface area contributed by atoms with E-state index in [1.54, 1.807) is 0 Å². The lowest BCUT2D eigenvalue weighted by molar-refractivity contribution is -0.138. The van der Waals surface area contributed by atoms with Crippen molar-refractivity contribution in [3.8, 4) is 0 Å². The van der Waals surface area contributed by atoms with Crippen LogP contribution in [0.1, 0.15) is 54.6 Å². The first kappa shape index (κ1) is 17.7. The zero-order chi connectivity index (χ0) is 19.5. The van der Waals surface area contributed by atoms with Gasteiger partial charge in [0.15, 0.2) is 0 Å². The third-order valence-electron chi connectivity index (χ3n) is 7.05. The molecule has 6 heteroatoms. The highest BCUT2D eigenvalue weighted by Gasteiger charge is 2.53. The molecule has 4 fully saturated rings. The van der Waals surface area contributed by atoms with Gasteiger partial charge in [-0.3, -0.25) is 4.79 Å². The number of carboxylic acid groups (broad SMARTS) is 1. The summed E-state index contributed by atoms with van der Waals surface area (Å²) < 4.78 is 6.19. The second kappa shape index (κ2) is 6.34. The summed E-state index contributed by atoms with van der Waals surface area (Å²) in [5.74, 6) is 0.599. The minimum atomic E-state index is -1.08. The fourth-order valence-electron chi connectivity index (χ4n) is 6.30. The molecule has 0 radical (unpaired) electrons. The average Bonchev–Trinajstić information content (AvgIpc) is 2.99. The Balaban J connectivity index is 1.47. The van der Waals surface area contributed by atoms with Crippen LogP contribution in [0.4, 0.5) is 0 Å². The van der Waals surface area contributed by atoms with Gasteiger partial charge in [0.1, 0.15) is 17.3 Å². The van der Waals surface area contributed by atoms with E-state index in [1.807, 2.05) is 24.3 Å². The number of rotatable bonds is 5. The van der Waals surface area contributed by atoms with Crippen molar-refractivity contribution in [3.63, 3.8) is 0 Å². The molecule has 1 aromatic heterocycles. The Bertz CT molecular complexity index is 912. The van der Waals surface area contributed by atoms with Crippen molar-refractivity contribution in [2.24, 2.45) is 23.5 Å². The van der Waals surface area contributed by atoms with Crippen LogP contribution in [0.2, 0.25) is 0 Å². The number of benzene rings is 1. The summed E-state index contributed by atoms with van der Waals surface area (Å²) in [6.07, 6.45) is 6.83. The van der Waals surface area contributed by atoms with Gasteiger partial charge in [0.05, 0.1) is 0 Å². The highest BCUT2D eigenvalue weighted by molar-refractivity contribution is 5.99. The quantitative estimate of drug-likeness (QED) is 0.689. The average molecular weight is 382 g/mol. The lowest BCUT2D eigenvalue weighted by Gasteiger charge is -2.55. The number of aromatic nitrogens is 1. The number of carbonyl (C=O) groups is 2. The van der Waals surface area contributed by atoms with Gasteiger partial charge in [-0.15, -0.1) is 0 Å². The maximum atomic E-state index is 13.2. The lowest BCUT2D eigenvalue weighted by atomic mass is 9.54. The van der Waals surface area contributed by atoms with Crippen LogP contribution < -0.4 is 5.73 Å². The van der Waals surface area contributed by atoms with Crippen molar-refractivity contribution in [1.82, 2.24) is 4.98 Å². The van der Waals surface area contributed by atoms with Gasteiger partial charge in [-0.05, 0) is 67.9 Å². The number of hydrogen-bond donors (Lipinski definition) is 3. The van der Waals surface area contributed by atoms with E-state index < -0.39 is 12.0 Å². The van der Waals surface area contributed by atoms with E-state index >= 15 is 0 Å². The van der Waals surface area contributed by atoms with Crippen molar-refractivity contribution in [1.29, 1.82) is 0 Å². The first-order valence-corrected chi connectivity index (χ1v) is 10.2. The summed E-state index contributed by atoms with van der Waals surface area (Å²) in [6, 6.07) is 6.46. The monoisotopic (exact) mass is 382 g/mol. The van der Waals surface area contributed by atoms with E-state index in [0.29, 0.717) is 29.0 Å². The number of aliphatic carboxylic acids is 1. The number of esters is 1. The first-order valence-electron chi connectivity index (χ1n) is 10.2. The van der Waals surface area contributed by atoms with Crippen LogP contribution in [0.25, 0.3) is 10.9 Å². The van der Waals surface area contributed by atoms with Crippen molar-refractivity contribution >= 4 is 22.8 Å². The zero-order valence-corrected chi connectivity index (χ0v) is 15.8. The molecule has 0 amide bonds. The molecule has 6 nitrogen and oxygen atoms in total.